The van der Waals surface area contributed by atoms with Crippen LogP contribution in [0.15, 0.2) is 18.3 Å². The Bertz CT molecular complexity index is 480. The fraction of sp³-hybridized carbons (Fsp3) is 0.706. The molecule has 1 unspecified atom stereocenters. The zero-order valence-electron chi connectivity index (χ0n) is 13.2. The smallest absolute Gasteiger partial charge is 0.270 e. The van der Waals surface area contributed by atoms with E-state index in [1.54, 1.807) is 0 Å². The first kappa shape index (κ1) is 14.6. The third kappa shape index (κ3) is 3.00. The summed E-state index contributed by atoms with van der Waals surface area (Å²) in [5, 5.41) is 3.61. The molecule has 4 nitrogen and oxygen atoms in total. The number of nitrogens with one attached hydrogen (secondary N) is 1. The fourth-order valence-corrected chi connectivity index (χ4v) is 3.81. The average molecular weight is 289 g/mol. The van der Waals surface area contributed by atoms with E-state index in [2.05, 4.69) is 23.7 Å². The number of hydrogen-bond acceptors (Lipinski definition) is 2. The summed E-state index contributed by atoms with van der Waals surface area (Å²) in [5.74, 6) is 0.958. The van der Waals surface area contributed by atoms with Gasteiger partial charge in [-0.3, -0.25) is 4.79 Å². The Hall–Kier alpha value is -1.29. The Balaban J connectivity index is 1.61. The van der Waals surface area contributed by atoms with Crippen LogP contribution < -0.4 is 5.32 Å². The first-order valence-corrected chi connectivity index (χ1v) is 8.36. The van der Waals surface area contributed by atoms with Crippen molar-refractivity contribution in [2.75, 3.05) is 19.6 Å². The number of carbonyl (C=O) groups is 1. The van der Waals surface area contributed by atoms with Crippen LogP contribution in [0.5, 0.6) is 0 Å². The van der Waals surface area contributed by atoms with E-state index in [0.717, 1.165) is 37.5 Å². The lowest BCUT2D eigenvalue weighted by molar-refractivity contribution is 0.0662. The van der Waals surface area contributed by atoms with Crippen molar-refractivity contribution >= 4 is 5.91 Å². The molecule has 1 aromatic rings. The second kappa shape index (κ2) is 6.22. The highest BCUT2D eigenvalue weighted by atomic mass is 16.2. The first-order chi connectivity index (χ1) is 10.2. The molecule has 116 valence electrons. The summed E-state index contributed by atoms with van der Waals surface area (Å²) in [6.07, 6.45) is 6.92. The maximum Gasteiger partial charge on any atom is 0.270 e. The maximum absolute atomic E-state index is 12.7. The monoisotopic (exact) mass is 289 g/mol. The van der Waals surface area contributed by atoms with Gasteiger partial charge >= 0.3 is 0 Å². The lowest BCUT2D eigenvalue weighted by Crippen LogP contribution is -2.43. The molecule has 3 rings (SSSR count). The minimum Gasteiger partial charge on any atom is -0.341 e. The number of likely N-dealkylation sites (tertiary alicyclic amines) is 1. The van der Waals surface area contributed by atoms with E-state index in [1.165, 1.54) is 19.4 Å². The molecule has 0 aliphatic carbocycles. The van der Waals surface area contributed by atoms with Crippen LogP contribution in [-0.4, -0.2) is 41.1 Å². The van der Waals surface area contributed by atoms with E-state index >= 15 is 0 Å². The van der Waals surface area contributed by atoms with Gasteiger partial charge in [0.2, 0.25) is 0 Å². The second-order valence-corrected chi connectivity index (χ2v) is 6.73. The van der Waals surface area contributed by atoms with Crippen molar-refractivity contribution in [3.63, 3.8) is 0 Å². The van der Waals surface area contributed by atoms with Gasteiger partial charge in [0.05, 0.1) is 0 Å². The normalized spacial score (nSPS) is 24.0. The molecule has 4 heteroatoms. The molecule has 2 saturated heterocycles. The van der Waals surface area contributed by atoms with E-state index in [9.17, 15) is 4.79 Å². The number of piperidine rings is 1. The van der Waals surface area contributed by atoms with Crippen LogP contribution in [0.2, 0.25) is 0 Å². The summed E-state index contributed by atoms with van der Waals surface area (Å²) in [6.45, 7) is 7.23. The summed E-state index contributed by atoms with van der Waals surface area (Å²) in [6, 6.07) is 4.95. The van der Waals surface area contributed by atoms with E-state index in [4.69, 9.17) is 0 Å². The van der Waals surface area contributed by atoms with Crippen molar-refractivity contribution in [1.82, 2.24) is 14.8 Å². The first-order valence-electron chi connectivity index (χ1n) is 8.36. The molecule has 1 atom stereocenters. The van der Waals surface area contributed by atoms with Crippen molar-refractivity contribution in [3.8, 4) is 0 Å². The molecule has 1 N–H and O–H groups in total. The maximum atomic E-state index is 12.7. The molecule has 0 radical (unpaired) electrons. The van der Waals surface area contributed by atoms with Crippen LogP contribution in [0.25, 0.3) is 0 Å². The van der Waals surface area contributed by atoms with E-state index in [-0.39, 0.29) is 5.91 Å². The largest absolute Gasteiger partial charge is 0.341 e. The summed E-state index contributed by atoms with van der Waals surface area (Å²) in [7, 11) is 0. The minimum absolute atomic E-state index is 0.200. The third-order valence-electron chi connectivity index (χ3n) is 5.05. The molecular weight excluding hydrogens is 262 g/mol. The van der Waals surface area contributed by atoms with E-state index in [0.29, 0.717) is 12.1 Å². The zero-order chi connectivity index (χ0) is 14.8. The van der Waals surface area contributed by atoms with Gasteiger partial charge in [0.1, 0.15) is 5.69 Å². The van der Waals surface area contributed by atoms with Gasteiger partial charge in [0.15, 0.2) is 0 Å². The third-order valence-corrected chi connectivity index (χ3v) is 5.05. The van der Waals surface area contributed by atoms with Crippen molar-refractivity contribution in [2.24, 2.45) is 5.92 Å². The van der Waals surface area contributed by atoms with E-state index < -0.39 is 0 Å². The molecule has 3 heterocycles. The Kier molecular flexibility index (Phi) is 4.34. The van der Waals surface area contributed by atoms with Crippen molar-refractivity contribution in [1.29, 1.82) is 0 Å². The fourth-order valence-electron chi connectivity index (χ4n) is 3.81. The van der Waals surface area contributed by atoms with Crippen LogP contribution in [0.1, 0.15) is 56.1 Å². The number of hydrogen-bond donors (Lipinski definition) is 1. The molecule has 2 fully saturated rings. The van der Waals surface area contributed by atoms with Crippen molar-refractivity contribution < 1.29 is 4.79 Å². The Morgan fingerprint density at radius 1 is 1.29 bits per heavy atom. The van der Waals surface area contributed by atoms with Gasteiger partial charge in [-0.2, -0.15) is 0 Å². The highest BCUT2D eigenvalue weighted by Gasteiger charge is 2.30. The molecule has 21 heavy (non-hydrogen) atoms. The predicted octanol–water partition coefficient (Wildman–Crippen LogP) is 2.67. The summed E-state index contributed by atoms with van der Waals surface area (Å²) in [5.41, 5.74) is 0.836. The molecule has 1 aromatic heterocycles. The number of aromatic nitrogens is 1. The number of amides is 1. The number of carbonyl (C=O) groups excluding carboxylic acids is 1. The van der Waals surface area contributed by atoms with E-state index in [1.807, 2.05) is 23.2 Å². The molecule has 0 spiro atoms. The minimum atomic E-state index is 0.200. The quantitative estimate of drug-likeness (QED) is 0.929. The Labute approximate surface area is 127 Å². The second-order valence-electron chi connectivity index (χ2n) is 6.73. The summed E-state index contributed by atoms with van der Waals surface area (Å²) in [4.78, 5) is 14.7. The van der Waals surface area contributed by atoms with Crippen LogP contribution in [-0.2, 0) is 0 Å². The van der Waals surface area contributed by atoms with Gasteiger partial charge in [0.25, 0.3) is 5.91 Å². The zero-order valence-corrected chi connectivity index (χ0v) is 13.2. The van der Waals surface area contributed by atoms with Gasteiger partial charge in [-0.15, -0.1) is 0 Å². The standard InChI is InChI=1S/C17H27N3O/c1-13(2)20-10-4-6-16(20)17(21)19-11-7-14(8-12-19)15-5-3-9-18-15/h4,6,10,13-15,18H,3,5,7-9,11-12H2,1-2H3. The van der Waals surface area contributed by atoms with Crippen LogP contribution in [0.3, 0.4) is 0 Å². The summed E-state index contributed by atoms with van der Waals surface area (Å²) >= 11 is 0. The van der Waals surface area contributed by atoms with Gasteiger partial charge in [-0.1, -0.05) is 0 Å². The van der Waals surface area contributed by atoms with Crippen molar-refractivity contribution in [2.45, 2.75) is 51.6 Å². The van der Waals surface area contributed by atoms with Crippen LogP contribution in [0.4, 0.5) is 0 Å². The molecule has 1 amide bonds. The molecule has 2 aliphatic rings. The van der Waals surface area contributed by atoms with Gasteiger partial charge in [-0.25, -0.2) is 0 Å². The molecule has 0 bridgehead atoms. The van der Waals surface area contributed by atoms with Gasteiger partial charge in [-0.05, 0) is 64.1 Å². The highest BCUT2D eigenvalue weighted by Crippen LogP contribution is 2.26. The molecule has 2 aliphatic heterocycles. The molecule has 0 saturated carbocycles. The number of rotatable bonds is 3. The highest BCUT2D eigenvalue weighted by molar-refractivity contribution is 5.92. The van der Waals surface area contributed by atoms with Gasteiger partial charge < -0.3 is 14.8 Å². The summed E-state index contributed by atoms with van der Waals surface area (Å²) < 4.78 is 2.08. The Morgan fingerprint density at radius 3 is 2.67 bits per heavy atom. The number of nitrogens with zero attached hydrogens (tertiary/aromatic N) is 2. The predicted molar refractivity (Wildman–Crippen MR) is 84.5 cm³/mol. The Morgan fingerprint density at radius 2 is 2.05 bits per heavy atom. The molecular formula is C17H27N3O. The SMILES string of the molecule is CC(C)n1cccc1C(=O)N1CCC(C2CCCN2)CC1. The lowest BCUT2D eigenvalue weighted by Gasteiger charge is -2.35. The lowest BCUT2D eigenvalue weighted by atomic mass is 9.88. The van der Waals surface area contributed by atoms with Crippen LogP contribution >= 0.6 is 0 Å². The molecule has 0 aromatic carbocycles. The average Bonchev–Trinajstić information content (AvgIpc) is 3.18. The topological polar surface area (TPSA) is 37.3 Å². The van der Waals surface area contributed by atoms with Crippen molar-refractivity contribution in [3.05, 3.63) is 24.0 Å². The van der Waals surface area contributed by atoms with Crippen LogP contribution in [0, 0.1) is 5.92 Å². The van der Waals surface area contributed by atoms with Gasteiger partial charge in [0, 0.05) is 31.4 Å².